The number of hydrogen-bond donors (Lipinski definition) is 0. The van der Waals surface area contributed by atoms with Gasteiger partial charge in [0.2, 0.25) is 5.78 Å². The van der Waals surface area contributed by atoms with Gasteiger partial charge in [0.1, 0.15) is 17.8 Å². The van der Waals surface area contributed by atoms with E-state index in [0.29, 0.717) is 11.3 Å². The molecule has 0 saturated carbocycles. The lowest BCUT2D eigenvalue weighted by atomic mass is 10.1. The largest absolute Gasteiger partial charge is 0.306 e. The van der Waals surface area contributed by atoms with Crippen molar-refractivity contribution in [3.63, 3.8) is 0 Å². The second-order valence-corrected chi connectivity index (χ2v) is 4.84. The van der Waals surface area contributed by atoms with Gasteiger partial charge in [0.15, 0.2) is 0 Å². The first-order valence-electron chi connectivity index (χ1n) is 6.55. The van der Waals surface area contributed by atoms with Gasteiger partial charge >= 0.3 is 0 Å². The third kappa shape index (κ3) is 2.74. The number of nitrogens with zero attached hydrogens (tertiary/aromatic N) is 2. The maximum atomic E-state index is 12.9. The highest BCUT2D eigenvalue weighted by Crippen LogP contribution is 2.13. The number of rotatable bonds is 3. The third-order valence-electron chi connectivity index (χ3n) is 3.25. The van der Waals surface area contributed by atoms with Gasteiger partial charge in [-0.15, -0.1) is 0 Å². The van der Waals surface area contributed by atoms with E-state index in [-0.39, 0.29) is 11.6 Å². The van der Waals surface area contributed by atoms with E-state index in [1.54, 1.807) is 17.1 Å². The second-order valence-electron chi connectivity index (χ2n) is 4.84. The van der Waals surface area contributed by atoms with Gasteiger partial charge in [0, 0.05) is 17.4 Å². The molecule has 0 atom stereocenters. The summed E-state index contributed by atoms with van der Waals surface area (Å²) >= 11 is 0. The summed E-state index contributed by atoms with van der Waals surface area (Å²) in [5.74, 6) is -0.586. The summed E-state index contributed by atoms with van der Waals surface area (Å²) in [6.45, 7) is 2.02. The van der Waals surface area contributed by atoms with E-state index in [2.05, 4.69) is 4.98 Å². The number of carbonyl (C=O) groups excluding carboxylic acids is 1. The summed E-state index contributed by atoms with van der Waals surface area (Å²) in [4.78, 5) is 16.4. The molecule has 1 heterocycles. The number of hydrogen-bond acceptors (Lipinski definition) is 2. The van der Waals surface area contributed by atoms with Crippen LogP contribution in [0.2, 0.25) is 0 Å². The Morgan fingerprint density at radius 2 is 1.71 bits per heavy atom. The highest BCUT2D eigenvalue weighted by molar-refractivity contribution is 6.07. The van der Waals surface area contributed by atoms with Gasteiger partial charge in [-0.25, -0.2) is 9.37 Å². The number of benzene rings is 2. The Morgan fingerprint density at radius 1 is 1.05 bits per heavy atom. The van der Waals surface area contributed by atoms with E-state index in [0.717, 1.165) is 5.69 Å². The van der Waals surface area contributed by atoms with Crippen LogP contribution in [-0.2, 0) is 0 Å². The predicted octanol–water partition coefficient (Wildman–Crippen LogP) is 3.55. The van der Waals surface area contributed by atoms with Crippen LogP contribution in [0.5, 0.6) is 0 Å². The molecule has 0 spiro atoms. The minimum absolute atomic E-state index is 0.221. The molecule has 3 rings (SSSR count). The topological polar surface area (TPSA) is 34.9 Å². The van der Waals surface area contributed by atoms with E-state index < -0.39 is 0 Å². The molecule has 0 bridgehead atoms. The monoisotopic (exact) mass is 280 g/mol. The van der Waals surface area contributed by atoms with E-state index in [1.807, 2.05) is 31.2 Å². The summed E-state index contributed by atoms with van der Waals surface area (Å²) in [7, 11) is 0. The summed E-state index contributed by atoms with van der Waals surface area (Å²) in [6.07, 6.45) is 3.28. The minimum Gasteiger partial charge on any atom is -0.306 e. The van der Waals surface area contributed by atoms with Crippen LogP contribution in [0.15, 0.2) is 61.1 Å². The van der Waals surface area contributed by atoms with E-state index in [1.165, 1.54) is 29.8 Å². The maximum absolute atomic E-state index is 12.9. The minimum atomic E-state index is -0.364. The molecule has 0 amide bonds. The fourth-order valence-corrected chi connectivity index (χ4v) is 2.05. The summed E-state index contributed by atoms with van der Waals surface area (Å²) in [5, 5.41) is 0. The molecule has 3 aromatic rings. The van der Waals surface area contributed by atoms with E-state index >= 15 is 0 Å². The van der Waals surface area contributed by atoms with Gasteiger partial charge in [0.25, 0.3) is 0 Å². The van der Waals surface area contributed by atoms with Crippen molar-refractivity contribution >= 4 is 5.78 Å². The molecule has 0 N–H and O–H groups in total. The quantitative estimate of drug-likeness (QED) is 0.688. The predicted molar refractivity (Wildman–Crippen MR) is 78.1 cm³/mol. The van der Waals surface area contributed by atoms with Gasteiger partial charge in [0.05, 0.1) is 0 Å². The zero-order chi connectivity index (χ0) is 14.8. The van der Waals surface area contributed by atoms with Crippen LogP contribution < -0.4 is 0 Å². The Bertz CT molecular complexity index is 773. The van der Waals surface area contributed by atoms with Crippen molar-refractivity contribution in [1.29, 1.82) is 0 Å². The van der Waals surface area contributed by atoms with Crippen molar-refractivity contribution in [2.75, 3.05) is 0 Å². The molecule has 0 aliphatic heterocycles. The molecule has 0 fully saturated rings. The number of aromatic nitrogens is 2. The molecule has 104 valence electrons. The number of carbonyl (C=O) groups is 1. The zero-order valence-corrected chi connectivity index (χ0v) is 11.5. The van der Waals surface area contributed by atoms with Crippen molar-refractivity contribution in [3.05, 3.63) is 83.7 Å². The van der Waals surface area contributed by atoms with Crippen molar-refractivity contribution in [1.82, 2.24) is 9.55 Å². The Kier molecular flexibility index (Phi) is 3.36. The lowest BCUT2D eigenvalue weighted by Crippen LogP contribution is -2.01. The van der Waals surface area contributed by atoms with Crippen LogP contribution in [0.25, 0.3) is 5.69 Å². The smallest absolute Gasteiger partial charge is 0.212 e. The first kappa shape index (κ1) is 13.2. The number of halogens is 1. The van der Waals surface area contributed by atoms with Crippen LogP contribution in [0.3, 0.4) is 0 Å². The standard InChI is InChI=1S/C17H13FN2O/c1-12-2-8-15(9-3-12)20-10-16(19-11-20)17(21)13-4-6-14(18)7-5-13/h2-11H,1H3. The molecular weight excluding hydrogens is 267 g/mol. The Morgan fingerprint density at radius 3 is 2.38 bits per heavy atom. The molecule has 4 heteroatoms. The highest BCUT2D eigenvalue weighted by atomic mass is 19.1. The average Bonchev–Trinajstić information content (AvgIpc) is 2.98. The van der Waals surface area contributed by atoms with E-state index in [9.17, 15) is 9.18 Å². The Hall–Kier alpha value is -2.75. The van der Waals surface area contributed by atoms with Gasteiger partial charge in [-0.05, 0) is 43.3 Å². The third-order valence-corrected chi connectivity index (χ3v) is 3.25. The molecule has 0 saturated heterocycles. The SMILES string of the molecule is Cc1ccc(-n2cnc(C(=O)c3ccc(F)cc3)c2)cc1. The van der Waals surface area contributed by atoms with Crippen LogP contribution in [0.1, 0.15) is 21.6 Å². The van der Waals surface area contributed by atoms with Crippen molar-refractivity contribution in [3.8, 4) is 5.69 Å². The van der Waals surface area contributed by atoms with Gasteiger partial charge in [-0.2, -0.15) is 0 Å². The Labute approximate surface area is 121 Å². The fourth-order valence-electron chi connectivity index (χ4n) is 2.05. The number of aryl methyl sites for hydroxylation is 1. The molecule has 3 nitrogen and oxygen atoms in total. The lowest BCUT2D eigenvalue weighted by molar-refractivity contribution is 0.103. The second kappa shape index (κ2) is 5.32. The Balaban J connectivity index is 1.89. The van der Waals surface area contributed by atoms with Crippen molar-refractivity contribution in [2.24, 2.45) is 0 Å². The zero-order valence-electron chi connectivity index (χ0n) is 11.5. The molecule has 0 aliphatic rings. The van der Waals surface area contributed by atoms with Gasteiger partial charge < -0.3 is 4.57 Å². The molecule has 0 aliphatic carbocycles. The molecule has 21 heavy (non-hydrogen) atoms. The summed E-state index contributed by atoms with van der Waals surface area (Å²) < 4.78 is 14.7. The molecule has 2 aromatic carbocycles. The van der Waals surface area contributed by atoms with Crippen molar-refractivity contribution in [2.45, 2.75) is 6.92 Å². The van der Waals surface area contributed by atoms with Gasteiger partial charge in [-0.3, -0.25) is 4.79 Å². The van der Waals surface area contributed by atoms with Crippen LogP contribution in [-0.4, -0.2) is 15.3 Å². The first-order valence-corrected chi connectivity index (χ1v) is 6.55. The van der Waals surface area contributed by atoms with Crippen LogP contribution in [0.4, 0.5) is 4.39 Å². The highest BCUT2D eigenvalue weighted by Gasteiger charge is 2.12. The molecule has 0 unspecified atom stereocenters. The fraction of sp³-hybridized carbons (Fsp3) is 0.0588. The number of imidazole rings is 1. The molecular formula is C17H13FN2O. The van der Waals surface area contributed by atoms with Crippen molar-refractivity contribution < 1.29 is 9.18 Å². The maximum Gasteiger partial charge on any atom is 0.212 e. The normalized spacial score (nSPS) is 10.6. The summed E-state index contributed by atoms with van der Waals surface area (Å²) in [5.41, 5.74) is 2.86. The number of ketones is 1. The van der Waals surface area contributed by atoms with Crippen LogP contribution >= 0.6 is 0 Å². The molecule has 1 aromatic heterocycles. The van der Waals surface area contributed by atoms with Gasteiger partial charge in [-0.1, -0.05) is 17.7 Å². The van der Waals surface area contributed by atoms with Crippen LogP contribution in [0, 0.1) is 12.7 Å². The average molecular weight is 280 g/mol. The first-order chi connectivity index (χ1) is 10.1. The lowest BCUT2D eigenvalue weighted by Gasteiger charge is -2.01. The summed E-state index contributed by atoms with van der Waals surface area (Å²) in [6, 6.07) is 13.4. The van der Waals surface area contributed by atoms with E-state index in [4.69, 9.17) is 0 Å². The molecule has 0 radical (unpaired) electrons.